The van der Waals surface area contributed by atoms with Gasteiger partial charge >= 0.3 is 5.97 Å². The van der Waals surface area contributed by atoms with Crippen molar-refractivity contribution < 1.29 is 39.6 Å². The highest BCUT2D eigenvalue weighted by Crippen LogP contribution is 2.19. The monoisotopic (exact) mass is 480 g/mol. The average molecular weight is 481 g/mol. The molecule has 0 aromatic heterocycles. The topological polar surface area (TPSA) is 203 Å². The first-order valence-corrected chi connectivity index (χ1v) is 11.0. The van der Waals surface area contributed by atoms with E-state index in [2.05, 4.69) is 10.6 Å². The molecule has 8 N–H and O–H groups in total. The van der Waals surface area contributed by atoms with E-state index in [1.165, 1.54) is 43.0 Å². The summed E-state index contributed by atoms with van der Waals surface area (Å²) >= 11 is 0. The fraction of sp³-hybridized carbons (Fsp3) is 0.545. The number of carbonyl (C=O) groups is 4. The summed E-state index contributed by atoms with van der Waals surface area (Å²) in [6.45, 7) is 2.87. The predicted octanol–water partition coefficient (Wildman–Crippen LogP) is -1.93. The molecule has 12 heteroatoms. The van der Waals surface area contributed by atoms with Crippen LogP contribution in [0.5, 0.6) is 5.75 Å². The fourth-order valence-corrected chi connectivity index (χ4v) is 3.68. The van der Waals surface area contributed by atoms with Gasteiger partial charge in [0.25, 0.3) is 0 Å². The Hall–Kier alpha value is -3.22. The van der Waals surface area contributed by atoms with Crippen molar-refractivity contribution >= 4 is 23.7 Å². The van der Waals surface area contributed by atoms with Crippen LogP contribution < -0.4 is 16.4 Å². The first-order valence-electron chi connectivity index (χ1n) is 11.0. The number of aliphatic hydroxyl groups excluding tert-OH is 2. The van der Waals surface area contributed by atoms with Crippen LogP contribution in [0.1, 0.15) is 32.3 Å². The molecule has 0 spiro atoms. The van der Waals surface area contributed by atoms with Crippen LogP contribution in [0.25, 0.3) is 0 Å². The summed E-state index contributed by atoms with van der Waals surface area (Å²) in [4.78, 5) is 51.1. The van der Waals surface area contributed by atoms with Crippen molar-refractivity contribution in [2.45, 2.75) is 69.5 Å². The van der Waals surface area contributed by atoms with E-state index in [0.29, 0.717) is 18.4 Å². The second-order valence-corrected chi connectivity index (χ2v) is 8.45. The van der Waals surface area contributed by atoms with Crippen LogP contribution in [0.15, 0.2) is 24.3 Å². The molecule has 1 aromatic rings. The Kier molecular flexibility index (Phi) is 9.36. The van der Waals surface area contributed by atoms with Crippen molar-refractivity contribution in [2.75, 3.05) is 6.54 Å². The molecule has 0 bridgehead atoms. The molecule has 0 radical (unpaired) electrons. The molecule has 34 heavy (non-hydrogen) atoms. The number of carboxylic acids is 1. The average Bonchev–Trinajstić information content (AvgIpc) is 3.26. The number of aliphatic hydroxyl groups is 2. The number of nitrogens with zero attached hydrogens (tertiary/aromatic N) is 1. The van der Waals surface area contributed by atoms with Crippen molar-refractivity contribution in [3.63, 3.8) is 0 Å². The maximum absolute atomic E-state index is 12.9. The number of nitrogens with one attached hydrogen (secondary N) is 2. The number of carbonyl (C=O) groups excluding carboxylic acids is 3. The van der Waals surface area contributed by atoms with Crippen LogP contribution in [0.2, 0.25) is 0 Å². The number of benzene rings is 1. The number of likely N-dealkylation sites (tertiary alicyclic amines) is 1. The minimum Gasteiger partial charge on any atom is -0.508 e. The second-order valence-electron chi connectivity index (χ2n) is 8.45. The van der Waals surface area contributed by atoms with E-state index < -0.39 is 60.1 Å². The lowest BCUT2D eigenvalue weighted by Gasteiger charge is -2.30. The number of phenolic OH excluding ortho intramolecular Hbond substituents is 1. The summed E-state index contributed by atoms with van der Waals surface area (Å²) in [6, 6.07) is 0.796. The number of hydrogen-bond acceptors (Lipinski definition) is 8. The number of amides is 3. The van der Waals surface area contributed by atoms with Gasteiger partial charge in [0.2, 0.25) is 17.7 Å². The minimum absolute atomic E-state index is 0.00498. The van der Waals surface area contributed by atoms with Gasteiger partial charge in [0, 0.05) is 13.0 Å². The third-order valence-corrected chi connectivity index (χ3v) is 5.70. The SMILES string of the molecule is CC(O)C(N)C(=O)N1CCCC1C(=O)NC(C(=O)NC(Cc1ccc(O)cc1)C(=O)O)C(C)O. The Morgan fingerprint density at radius 3 is 2.24 bits per heavy atom. The molecule has 0 aliphatic carbocycles. The lowest BCUT2D eigenvalue weighted by molar-refractivity contribution is -0.144. The lowest BCUT2D eigenvalue weighted by Crippen LogP contribution is -2.60. The highest BCUT2D eigenvalue weighted by molar-refractivity contribution is 5.94. The van der Waals surface area contributed by atoms with Crippen LogP contribution in [0.4, 0.5) is 0 Å². The smallest absolute Gasteiger partial charge is 0.326 e. The van der Waals surface area contributed by atoms with Crippen LogP contribution in [-0.2, 0) is 25.6 Å². The zero-order valence-electron chi connectivity index (χ0n) is 19.0. The molecule has 1 aliphatic rings. The summed E-state index contributed by atoms with van der Waals surface area (Å²) in [5, 5.41) is 43.3. The van der Waals surface area contributed by atoms with Gasteiger partial charge in [-0.3, -0.25) is 14.4 Å². The summed E-state index contributed by atoms with van der Waals surface area (Å²) in [6.07, 6.45) is -1.76. The van der Waals surface area contributed by atoms with Crippen molar-refractivity contribution in [2.24, 2.45) is 5.73 Å². The zero-order chi connectivity index (χ0) is 25.6. The van der Waals surface area contributed by atoms with Crippen molar-refractivity contribution in [3.05, 3.63) is 29.8 Å². The van der Waals surface area contributed by atoms with Gasteiger partial charge < -0.3 is 41.7 Å². The summed E-state index contributed by atoms with van der Waals surface area (Å²) in [5.74, 6) is -3.53. The Bertz CT molecular complexity index is 889. The predicted molar refractivity (Wildman–Crippen MR) is 119 cm³/mol. The molecule has 1 fully saturated rings. The van der Waals surface area contributed by atoms with Crippen LogP contribution in [0.3, 0.4) is 0 Å². The Labute approximate surface area is 196 Å². The molecule has 6 atom stereocenters. The highest BCUT2D eigenvalue weighted by Gasteiger charge is 2.39. The van der Waals surface area contributed by atoms with Crippen LogP contribution in [-0.4, -0.2) is 91.9 Å². The zero-order valence-corrected chi connectivity index (χ0v) is 19.0. The van der Waals surface area contributed by atoms with Gasteiger partial charge in [0.05, 0.1) is 12.2 Å². The summed E-state index contributed by atoms with van der Waals surface area (Å²) < 4.78 is 0. The van der Waals surface area contributed by atoms with E-state index in [4.69, 9.17) is 5.73 Å². The third kappa shape index (κ3) is 6.89. The molecule has 1 aromatic carbocycles. The molecule has 6 unspecified atom stereocenters. The Morgan fingerprint density at radius 1 is 1.09 bits per heavy atom. The van der Waals surface area contributed by atoms with Crippen molar-refractivity contribution in [1.29, 1.82) is 0 Å². The summed E-state index contributed by atoms with van der Waals surface area (Å²) in [7, 11) is 0. The molecule has 1 aliphatic heterocycles. The second kappa shape index (κ2) is 11.8. The molecule has 3 amide bonds. The van der Waals surface area contributed by atoms with Gasteiger partial charge in [-0.25, -0.2) is 4.79 Å². The maximum Gasteiger partial charge on any atom is 0.326 e. The van der Waals surface area contributed by atoms with Gasteiger partial charge in [0.15, 0.2) is 0 Å². The maximum atomic E-state index is 12.9. The van der Waals surface area contributed by atoms with Gasteiger partial charge in [-0.05, 0) is 44.4 Å². The number of hydrogen-bond donors (Lipinski definition) is 7. The normalized spacial score (nSPS) is 20.0. The van der Waals surface area contributed by atoms with Gasteiger partial charge in [-0.2, -0.15) is 0 Å². The van der Waals surface area contributed by atoms with Crippen LogP contribution in [0, 0.1) is 0 Å². The first-order chi connectivity index (χ1) is 15.9. The fourth-order valence-electron chi connectivity index (χ4n) is 3.68. The van der Waals surface area contributed by atoms with E-state index in [1.54, 1.807) is 0 Å². The van der Waals surface area contributed by atoms with E-state index in [0.717, 1.165) is 0 Å². The molecular weight excluding hydrogens is 448 g/mol. The molecule has 0 saturated carbocycles. The minimum atomic E-state index is -1.47. The molecule has 2 rings (SSSR count). The molecule has 12 nitrogen and oxygen atoms in total. The number of nitrogens with two attached hydrogens (primary N) is 1. The molecule has 1 saturated heterocycles. The number of carboxylic acid groups (broad SMARTS) is 1. The van der Waals surface area contributed by atoms with Gasteiger partial charge in [-0.15, -0.1) is 0 Å². The highest BCUT2D eigenvalue weighted by atomic mass is 16.4. The Morgan fingerprint density at radius 2 is 1.71 bits per heavy atom. The summed E-state index contributed by atoms with van der Waals surface area (Å²) in [5.41, 5.74) is 6.25. The van der Waals surface area contributed by atoms with E-state index in [1.807, 2.05) is 0 Å². The number of aliphatic carboxylic acids is 1. The third-order valence-electron chi connectivity index (χ3n) is 5.70. The molecule has 1 heterocycles. The van der Waals surface area contributed by atoms with Crippen molar-refractivity contribution in [1.82, 2.24) is 15.5 Å². The molecule has 188 valence electrons. The van der Waals surface area contributed by atoms with Gasteiger partial charge in [-0.1, -0.05) is 12.1 Å². The van der Waals surface area contributed by atoms with E-state index >= 15 is 0 Å². The standard InChI is InChI=1S/C22H32N4O8/c1-11(27)17(23)21(32)26-9-3-4-16(26)19(30)25-18(12(2)28)20(31)24-15(22(33)34)10-13-5-7-14(29)8-6-13/h5-8,11-12,15-18,27-29H,3-4,9-10,23H2,1-2H3,(H,24,31)(H,25,30)(H,33,34). The largest absolute Gasteiger partial charge is 0.508 e. The quantitative estimate of drug-likeness (QED) is 0.199. The Balaban J connectivity index is 2.09. The lowest BCUT2D eigenvalue weighted by atomic mass is 10.0. The van der Waals surface area contributed by atoms with E-state index in [9.17, 15) is 39.6 Å². The number of phenols is 1. The first kappa shape index (κ1) is 27.0. The van der Waals surface area contributed by atoms with Gasteiger partial charge in [0.1, 0.15) is 29.9 Å². The van der Waals surface area contributed by atoms with Crippen molar-refractivity contribution in [3.8, 4) is 5.75 Å². The number of aromatic hydroxyl groups is 1. The molecular formula is C22H32N4O8. The van der Waals surface area contributed by atoms with E-state index in [-0.39, 0.29) is 18.7 Å². The number of rotatable bonds is 10. The van der Waals surface area contributed by atoms with Crippen LogP contribution >= 0.6 is 0 Å².